The molecule has 0 radical (unpaired) electrons. The molecule has 4 nitrogen and oxygen atoms in total. The van der Waals surface area contributed by atoms with Crippen LogP contribution in [0, 0.1) is 5.41 Å². The normalized spacial score (nSPS) is 27.0. The number of aromatic nitrogens is 2. The molecule has 1 saturated heterocycles. The zero-order valence-electron chi connectivity index (χ0n) is 11.9. The van der Waals surface area contributed by atoms with E-state index >= 15 is 0 Å². The van der Waals surface area contributed by atoms with Gasteiger partial charge in [-0.25, -0.2) is 9.97 Å². The van der Waals surface area contributed by atoms with Crippen LogP contribution in [0.3, 0.4) is 0 Å². The van der Waals surface area contributed by atoms with Gasteiger partial charge in [0, 0.05) is 42.6 Å². The largest absolute Gasteiger partial charge is 0.381 e. The molecule has 104 valence electrons. The average molecular weight is 261 g/mol. The Morgan fingerprint density at radius 3 is 2.79 bits per heavy atom. The number of hydrogen-bond acceptors (Lipinski definition) is 4. The van der Waals surface area contributed by atoms with Crippen LogP contribution in [-0.4, -0.2) is 23.2 Å². The van der Waals surface area contributed by atoms with Crippen LogP contribution < -0.4 is 5.73 Å². The van der Waals surface area contributed by atoms with Crippen molar-refractivity contribution in [3.63, 3.8) is 0 Å². The van der Waals surface area contributed by atoms with Crippen molar-refractivity contribution in [2.24, 2.45) is 11.1 Å². The highest BCUT2D eigenvalue weighted by molar-refractivity contribution is 5.26. The Morgan fingerprint density at radius 1 is 1.32 bits per heavy atom. The monoisotopic (exact) mass is 261 g/mol. The number of hydrogen-bond donors (Lipinski definition) is 1. The third kappa shape index (κ3) is 2.65. The molecule has 1 aliphatic carbocycles. The van der Waals surface area contributed by atoms with Gasteiger partial charge in [-0.15, -0.1) is 0 Å². The Morgan fingerprint density at radius 2 is 2.05 bits per heavy atom. The second-order valence-electron chi connectivity index (χ2n) is 6.67. The van der Waals surface area contributed by atoms with E-state index in [0.717, 1.165) is 50.3 Å². The molecule has 1 fully saturated rings. The first kappa shape index (κ1) is 13.0. The van der Waals surface area contributed by atoms with Crippen LogP contribution in [0.4, 0.5) is 0 Å². The van der Waals surface area contributed by atoms with Gasteiger partial charge in [-0.3, -0.25) is 0 Å². The van der Waals surface area contributed by atoms with E-state index in [9.17, 15) is 0 Å². The SMILES string of the molecule is CC1(C)Cc2nc(C3CCOCC3)ncc2C(N)C1. The molecule has 2 N–H and O–H groups in total. The highest BCUT2D eigenvalue weighted by Crippen LogP contribution is 2.39. The van der Waals surface area contributed by atoms with Gasteiger partial charge >= 0.3 is 0 Å². The maximum absolute atomic E-state index is 6.25. The van der Waals surface area contributed by atoms with Crippen molar-refractivity contribution in [1.82, 2.24) is 9.97 Å². The molecular formula is C15H23N3O. The molecular weight excluding hydrogens is 238 g/mol. The Balaban J connectivity index is 1.90. The van der Waals surface area contributed by atoms with E-state index in [-0.39, 0.29) is 11.5 Å². The lowest BCUT2D eigenvalue weighted by atomic mass is 9.74. The van der Waals surface area contributed by atoms with E-state index in [2.05, 4.69) is 18.8 Å². The fraction of sp³-hybridized carbons (Fsp3) is 0.733. The van der Waals surface area contributed by atoms with Gasteiger partial charge in [0.1, 0.15) is 5.82 Å². The van der Waals surface area contributed by atoms with Gasteiger partial charge in [0.25, 0.3) is 0 Å². The lowest BCUT2D eigenvalue weighted by molar-refractivity contribution is 0.0834. The summed E-state index contributed by atoms with van der Waals surface area (Å²) in [6.45, 7) is 6.20. The quantitative estimate of drug-likeness (QED) is 0.843. The highest BCUT2D eigenvalue weighted by atomic mass is 16.5. The molecule has 0 aromatic carbocycles. The standard InChI is InChI=1S/C15H23N3O/c1-15(2)7-12(16)11-9-17-14(18-13(11)8-15)10-3-5-19-6-4-10/h9-10,12H,3-8,16H2,1-2H3. The van der Waals surface area contributed by atoms with Crippen LogP contribution in [0.2, 0.25) is 0 Å². The average Bonchev–Trinajstić information content (AvgIpc) is 2.37. The summed E-state index contributed by atoms with van der Waals surface area (Å²) in [5.41, 5.74) is 8.81. The van der Waals surface area contributed by atoms with E-state index in [1.54, 1.807) is 0 Å². The molecule has 1 aromatic heterocycles. The summed E-state index contributed by atoms with van der Waals surface area (Å²) in [5, 5.41) is 0. The fourth-order valence-electron chi connectivity index (χ4n) is 3.28. The summed E-state index contributed by atoms with van der Waals surface area (Å²) in [6.07, 6.45) is 6.06. The van der Waals surface area contributed by atoms with Crippen LogP contribution in [0.1, 0.15) is 62.2 Å². The third-order valence-corrected chi connectivity index (χ3v) is 4.32. The second kappa shape index (κ2) is 4.84. The van der Waals surface area contributed by atoms with Gasteiger partial charge in [-0.2, -0.15) is 0 Å². The van der Waals surface area contributed by atoms with Crippen molar-refractivity contribution in [1.29, 1.82) is 0 Å². The van der Waals surface area contributed by atoms with E-state index < -0.39 is 0 Å². The predicted molar refractivity (Wildman–Crippen MR) is 73.9 cm³/mol. The predicted octanol–water partition coefficient (Wildman–Crippen LogP) is 2.34. The Labute approximate surface area is 114 Å². The molecule has 2 aliphatic rings. The number of fused-ring (bicyclic) bond motifs is 1. The van der Waals surface area contributed by atoms with Crippen LogP contribution in [-0.2, 0) is 11.2 Å². The van der Waals surface area contributed by atoms with Crippen molar-refractivity contribution in [3.05, 3.63) is 23.3 Å². The summed E-state index contributed by atoms with van der Waals surface area (Å²) in [4.78, 5) is 9.40. The molecule has 1 aromatic rings. The van der Waals surface area contributed by atoms with Crippen molar-refractivity contribution in [2.45, 2.75) is 51.5 Å². The van der Waals surface area contributed by atoms with E-state index in [4.69, 9.17) is 15.5 Å². The number of nitrogens with two attached hydrogens (primary N) is 1. The minimum atomic E-state index is 0.0856. The van der Waals surface area contributed by atoms with Gasteiger partial charge in [0.2, 0.25) is 0 Å². The van der Waals surface area contributed by atoms with E-state index in [0.29, 0.717) is 5.92 Å². The molecule has 0 bridgehead atoms. The molecule has 1 unspecified atom stereocenters. The molecule has 0 amide bonds. The summed E-state index contributed by atoms with van der Waals surface area (Å²) in [5.74, 6) is 1.45. The summed E-state index contributed by atoms with van der Waals surface area (Å²) < 4.78 is 5.41. The van der Waals surface area contributed by atoms with Gasteiger partial charge in [0.05, 0.1) is 0 Å². The molecule has 3 rings (SSSR count). The van der Waals surface area contributed by atoms with Gasteiger partial charge in [-0.1, -0.05) is 13.8 Å². The first-order valence-corrected chi connectivity index (χ1v) is 7.24. The Bertz CT molecular complexity index is 466. The third-order valence-electron chi connectivity index (χ3n) is 4.32. The highest BCUT2D eigenvalue weighted by Gasteiger charge is 2.32. The maximum atomic E-state index is 6.25. The second-order valence-corrected chi connectivity index (χ2v) is 6.67. The molecule has 0 spiro atoms. The minimum absolute atomic E-state index is 0.0856. The number of ether oxygens (including phenoxy) is 1. The van der Waals surface area contributed by atoms with Crippen LogP contribution in [0.15, 0.2) is 6.20 Å². The molecule has 2 heterocycles. The minimum Gasteiger partial charge on any atom is -0.381 e. The molecule has 1 aliphatic heterocycles. The fourth-order valence-corrected chi connectivity index (χ4v) is 3.28. The Kier molecular flexibility index (Phi) is 3.31. The smallest absolute Gasteiger partial charge is 0.131 e. The summed E-state index contributed by atoms with van der Waals surface area (Å²) in [6, 6.07) is 0.0856. The van der Waals surface area contributed by atoms with Crippen molar-refractivity contribution >= 4 is 0 Å². The molecule has 1 atom stereocenters. The first-order chi connectivity index (χ1) is 9.05. The topological polar surface area (TPSA) is 61.0 Å². The van der Waals surface area contributed by atoms with Crippen LogP contribution in [0.25, 0.3) is 0 Å². The lowest BCUT2D eigenvalue weighted by Crippen LogP contribution is -2.31. The summed E-state index contributed by atoms with van der Waals surface area (Å²) >= 11 is 0. The number of nitrogens with zero attached hydrogens (tertiary/aromatic N) is 2. The lowest BCUT2D eigenvalue weighted by Gasteiger charge is -2.34. The van der Waals surface area contributed by atoms with Gasteiger partial charge < -0.3 is 10.5 Å². The molecule has 0 saturated carbocycles. The number of rotatable bonds is 1. The van der Waals surface area contributed by atoms with Crippen LogP contribution >= 0.6 is 0 Å². The van der Waals surface area contributed by atoms with E-state index in [1.807, 2.05) is 6.20 Å². The zero-order valence-corrected chi connectivity index (χ0v) is 11.9. The maximum Gasteiger partial charge on any atom is 0.131 e. The van der Waals surface area contributed by atoms with Crippen molar-refractivity contribution in [3.8, 4) is 0 Å². The van der Waals surface area contributed by atoms with Gasteiger partial charge in [0.15, 0.2) is 0 Å². The zero-order chi connectivity index (χ0) is 13.5. The first-order valence-electron chi connectivity index (χ1n) is 7.24. The van der Waals surface area contributed by atoms with Crippen LogP contribution in [0.5, 0.6) is 0 Å². The van der Waals surface area contributed by atoms with Gasteiger partial charge in [-0.05, 0) is 31.1 Å². The molecule has 19 heavy (non-hydrogen) atoms. The van der Waals surface area contributed by atoms with E-state index in [1.165, 1.54) is 5.69 Å². The summed E-state index contributed by atoms with van der Waals surface area (Å²) in [7, 11) is 0. The Hall–Kier alpha value is -1.00. The van der Waals surface area contributed by atoms with Crippen molar-refractivity contribution in [2.75, 3.05) is 13.2 Å². The molecule has 4 heteroatoms. The van der Waals surface area contributed by atoms with Crippen molar-refractivity contribution < 1.29 is 4.74 Å².